The number of carbonyl (C=O) groups excluding carboxylic acids is 2. The van der Waals surface area contributed by atoms with Crippen molar-refractivity contribution in [3.05, 3.63) is 34.9 Å². The molecule has 0 aliphatic heterocycles. The summed E-state index contributed by atoms with van der Waals surface area (Å²) < 4.78 is 11.4. The van der Waals surface area contributed by atoms with Gasteiger partial charge in [0.1, 0.15) is 6.10 Å². The summed E-state index contributed by atoms with van der Waals surface area (Å²) in [5, 5.41) is 35.4. The first-order valence-electron chi connectivity index (χ1n) is 26.0. The Kier molecular flexibility index (Phi) is 41.9. The van der Waals surface area contributed by atoms with Crippen molar-refractivity contribution in [3.8, 4) is 0 Å². The number of hydrogen-bond acceptors (Lipinski definition) is 9. The Labute approximate surface area is 394 Å². The lowest BCUT2D eigenvalue weighted by atomic mass is 10.0. The molecule has 0 radical (unpaired) electrons. The topological polar surface area (TPSA) is 188 Å². The van der Waals surface area contributed by atoms with Gasteiger partial charge in [-0.1, -0.05) is 162 Å². The number of carboxylic acids is 3. The number of aliphatic hydroxyl groups is 1. The summed E-state index contributed by atoms with van der Waals surface area (Å²) in [6, 6.07) is 2.70. The standard InChI is InChI=1S/C44H87NO5.C9H6O6/c1-4-7-10-13-16-17-18-24-32-41-49-43(47)35-29-25-31-38-45(39-40-46)37-30-23-19-22-28-36-44(48)50-42(33-26-20-14-11-8-5-2)34-27-21-15-12-9-6-3;10-7(11)4-1-5(8(12)13)3-6(2-4)9(14)15/h42,46H,4-41H2,1-3H3;1-3H,(H,10,11)(H,12,13)(H,14,15). The lowest BCUT2D eigenvalue weighted by molar-refractivity contribution is -0.150. The fourth-order valence-corrected chi connectivity index (χ4v) is 7.87. The number of esters is 2. The summed E-state index contributed by atoms with van der Waals surface area (Å²) in [6.07, 6.45) is 38.4. The van der Waals surface area contributed by atoms with Gasteiger partial charge < -0.3 is 34.8 Å². The molecule has 0 bridgehead atoms. The molecule has 376 valence electrons. The van der Waals surface area contributed by atoms with Gasteiger partial charge in [0.2, 0.25) is 0 Å². The van der Waals surface area contributed by atoms with Crippen LogP contribution in [0.25, 0.3) is 0 Å². The molecule has 1 aromatic carbocycles. The first kappa shape index (κ1) is 61.5. The number of aliphatic hydroxyl groups excluding tert-OH is 1. The van der Waals surface area contributed by atoms with Crippen LogP contribution in [0.2, 0.25) is 0 Å². The molecular weight excluding hydrogens is 827 g/mol. The first-order valence-corrected chi connectivity index (χ1v) is 26.0. The summed E-state index contributed by atoms with van der Waals surface area (Å²) in [6.45, 7) is 10.2. The third kappa shape index (κ3) is 38.3. The van der Waals surface area contributed by atoms with Crippen LogP contribution in [-0.4, -0.2) is 94.1 Å². The monoisotopic (exact) mass is 920 g/mol. The minimum atomic E-state index is -1.37. The van der Waals surface area contributed by atoms with E-state index in [4.69, 9.17) is 24.8 Å². The minimum absolute atomic E-state index is 0.00755. The van der Waals surface area contributed by atoms with Gasteiger partial charge in [-0.2, -0.15) is 0 Å². The number of benzene rings is 1. The maximum absolute atomic E-state index is 12.7. The van der Waals surface area contributed by atoms with Crippen LogP contribution < -0.4 is 0 Å². The van der Waals surface area contributed by atoms with Gasteiger partial charge in [-0.3, -0.25) is 9.59 Å². The molecule has 0 aliphatic carbocycles. The van der Waals surface area contributed by atoms with Crippen LogP contribution in [0.3, 0.4) is 0 Å². The Bertz CT molecular complexity index is 1260. The van der Waals surface area contributed by atoms with Crippen LogP contribution >= 0.6 is 0 Å². The number of aromatic carboxylic acids is 3. The lowest BCUT2D eigenvalue weighted by Gasteiger charge is -2.21. The zero-order valence-corrected chi connectivity index (χ0v) is 41.3. The van der Waals surface area contributed by atoms with Crippen molar-refractivity contribution in [2.45, 2.75) is 239 Å². The van der Waals surface area contributed by atoms with Gasteiger partial charge in [-0.15, -0.1) is 0 Å². The van der Waals surface area contributed by atoms with E-state index in [9.17, 15) is 29.1 Å². The summed E-state index contributed by atoms with van der Waals surface area (Å²) in [4.78, 5) is 58.8. The van der Waals surface area contributed by atoms with Crippen molar-refractivity contribution in [2.75, 3.05) is 32.8 Å². The Balaban J connectivity index is 0.00000228. The van der Waals surface area contributed by atoms with E-state index in [-0.39, 0.29) is 41.3 Å². The van der Waals surface area contributed by atoms with Crippen LogP contribution in [0.15, 0.2) is 18.2 Å². The first-order chi connectivity index (χ1) is 31.5. The zero-order valence-electron chi connectivity index (χ0n) is 41.3. The molecule has 0 fully saturated rings. The van der Waals surface area contributed by atoms with E-state index in [0.717, 1.165) is 108 Å². The molecule has 0 amide bonds. The van der Waals surface area contributed by atoms with Crippen molar-refractivity contribution in [2.24, 2.45) is 0 Å². The predicted molar refractivity (Wildman–Crippen MR) is 261 cm³/mol. The molecule has 0 saturated carbocycles. The Morgan fingerprint density at radius 2 is 0.785 bits per heavy atom. The van der Waals surface area contributed by atoms with Gasteiger partial charge in [-0.25, -0.2) is 14.4 Å². The average molecular weight is 920 g/mol. The second-order valence-electron chi connectivity index (χ2n) is 17.9. The lowest BCUT2D eigenvalue weighted by Crippen LogP contribution is -2.29. The number of ether oxygens (including phenoxy) is 2. The van der Waals surface area contributed by atoms with Gasteiger partial charge in [0.05, 0.1) is 29.9 Å². The highest BCUT2D eigenvalue weighted by atomic mass is 16.5. The molecular formula is C53H93NO11. The number of unbranched alkanes of at least 4 members (excludes halogenated alkanes) is 24. The SMILES string of the molecule is CCCCCCCCCCCOC(=O)CCCCCN(CCO)CCCCCCCC(=O)OC(CCCCCCCC)CCCCCCCC.O=C(O)c1cc(C(=O)O)cc(C(=O)O)c1. The van der Waals surface area contributed by atoms with E-state index in [1.807, 2.05) is 0 Å². The van der Waals surface area contributed by atoms with Crippen molar-refractivity contribution < 1.29 is 53.9 Å². The fourth-order valence-electron chi connectivity index (χ4n) is 7.87. The molecule has 0 atom stereocenters. The molecule has 0 unspecified atom stereocenters. The summed E-state index contributed by atoms with van der Waals surface area (Å²) in [5.41, 5.74) is -1.10. The molecule has 12 nitrogen and oxygen atoms in total. The van der Waals surface area contributed by atoms with Crippen LogP contribution in [-0.2, 0) is 19.1 Å². The molecule has 0 aromatic heterocycles. The molecule has 0 spiro atoms. The number of hydrogen-bond donors (Lipinski definition) is 4. The highest BCUT2D eigenvalue weighted by Gasteiger charge is 2.16. The number of carbonyl (C=O) groups is 5. The second-order valence-corrected chi connectivity index (χ2v) is 17.9. The zero-order chi connectivity index (χ0) is 48.2. The molecule has 1 rings (SSSR count). The van der Waals surface area contributed by atoms with E-state index in [2.05, 4.69) is 25.7 Å². The molecule has 0 saturated heterocycles. The molecule has 4 N–H and O–H groups in total. The van der Waals surface area contributed by atoms with E-state index in [1.165, 1.54) is 122 Å². The van der Waals surface area contributed by atoms with Crippen molar-refractivity contribution >= 4 is 29.8 Å². The van der Waals surface area contributed by atoms with Crippen LogP contribution in [0, 0.1) is 0 Å². The summed E-state index contributed by atoms with van der Waals surface area (Å²) >= 11 is 0. The number of rotatable bonds is 44. The van der Waals surface area contributed by atoms with Gasteiger partial charge in [0.25, 0.3) is 0 Å². The average Bonchev–Trinajstić information content (AvgIpc) is 3.28. The quantitative estimate of drug-likeness (QED) is 0.0359. The largest absolute Gasteiger partial charge is 0.478 e. The number of nitrogens with zero attached hydrogens (tertiary/aromatic N) is 1. The maximum Gasteiger partial charge on any atom is 0.335 e. The maximum atomic E-state index is 12.7. The predicted octanol–water partition coefficient (Wildman–Crippen LogP) is 13.4. The smallest absolute Gasteiger partial charge is 0.335 e. The van der Waals surface area contributed by atoms with E-state index in [0.29, 0.717) is 26.0 Å². The molecule has 65 heavy (non-hydrogen) atoms. The van der Waals surface area contributed by atoms with Crippen molar-refractivity contribution in [3.63, 3.8) is 0 Å². The minimum Gasteiger partial charge on any atom is -0.478 e. The van der Waals surface area contributed by atoms with Crippen LogP contribution in [0.1, 0.15) is 264 Å². The second kappa shape index (κ2) is 44.3. The molecule has 12 heteroatoms. The normalized spacial score (nSPS) is 11.1. The van der Waals surface area contributed by atoms with Crippen molar-refractivity contribution in [1.29, 1.82) is 0 Å². The van der Waals surface area contributed by atoms with Crippen LogP contribution in [0.4, 0.5) is 0 Å². The van der Waals surface area contributed by atoms with Gasteiger partial charge in [0.15, 0.2) is 0 Å². The fraction of sp³-hybridized carbons (Fsp3) is 0.792. The van der Waals surface area contributed by atoms with Gasteiger partial charge >= 0.3 is 29.8 Å². The van der Waals surface area contributed by atoms with Crippen LogP contribution in [0.5, 0.6) is 0 Å². The van der Waals surface area contributed by atoms with Gasteiger partial charge in [-0.05, 0) is 89.1 Å². The van der Waals surface area contributed by atoms with E-state index < -0.39 is 17.9 Å². The Morgan fingerprint density at radius 3 is 1.18 bits per heavy atom. The number of carboxylic acid groups (broad SMARTS) is 3. The molecule has 1 aromatic rings. The Morgan fingerprint density at radius 1 is 0.446 bits per heavy atom. The highest BCUT2D eigenvalue weighted by Crippen LogP contribution is 2.19. The van der Waals surface area contributed by atoms with Gasteiger partial charge in [0, 0.05) is 19.4 Å². The Hall–Kier alpha value is -3.51. The van der Waals surface area contributed by atoms with E-state index in [1.54, 1.807) is 0 Å². The third-order valence-corrected chi connectivity index (χ3v) is 11.9. The van der Waals surface area contributed by atoms with E-state index >= 15 is 0 Å². The van der Waals surface area contributed by atoms with Crippen molar-refractivity contribution in [1.82, 2.24) is 4.90 Å². The third-order valence-electron chi connectivity index (χ3n) is 11.9. The molecule has 0 heterocycles. The molecule has 0 aliphatic rings. The summed E-state index contributed by atoms with van der Waals surface area (Å²) in [5.74, 6) is -4.17. The summed E-state index contributed by atoms with van der Waals surface area (Å²) in [7, 11) is 0. The highest BCUT2D eigenvalue weighted by molar-refractivity contribution is 5.98.